The lowest BCUT2D eigenvalue weighted by Gasteiger charge is -2.08. The minimum Gasteiger partial charge on any atom is -0.486 e. The van der Waals surface area contributed by atoms with Crippen molar-refractivity contribution in [2.45, 2.75) is 6.61 Å². The minimum absolute atomic E-state index is 0.344. The second-order valence-corrected chi connectivity index (χ2v) is 5.39. The maximum absolute atomic E-state index is 6.06. The Morgan fingerprint density at radius 1 is 1.26 bits per heavy atom. The third kappa shape index (κ3) is 3.65. The van der Waals surface area contributed by atoms with Crippen LogP contribution in [0.15, 0.2) is 29.6 Å². The van der Waals surface area contributed by atoms with Gasteiger partial charge in [0.2, 0.25) is 0 Å². The van der Waals surface area contributed by atoms with Gasteiger partial charge in [-0.15, -0.1) is 11.3 Å². The van der Waals surface area contributed by atoms with Gasteiger partial charge in [-0.2, -0.15) is 0 Å². The van der Waals surface area contributed by atoms with Gasteiger partial charge >= 0.3 is 0 Å². The molecule has 2 N–H and O–H groups in total. The van der Waals surface area contributed by atoms with Crippen molar-refractivity contribution in [3.8, 4) is 17.6 Å². The van der Waals surface area contributed by atoms with Gasteiger partial charge < -0.3 is 10.5 Å². The first-order valence-electron chi connectivity index (χ1n) is 5.54. The number of nitrogens with two attached hydrogens (primary N) is 1. The van der Waals surface area contributed by atoms with Crippen LogP contribution in [0, 0.1) is 11.8 Å². The summed E-state index contributed by atoms with van der Waals surface area (Å²) in [6.45, 7) is 0.753. The van der Waals surface area contributed by atoms with E-state index in [-0.39, 0.29) is 0 Å². The Balaban J connectivity index is 2.11. The van der Waals surface area contributed by atoms with E-state index < -0.39 is 0 Å². The minimum atomic E-state index is 0.344. The Kier molecular flexibility index (Phi) is 5.12. The second kappa shape index (κ2) is 6.83. The molecule has 1 aromatic heterocycles. The molecule has 0 aliphatic heterocycles. The van der Waals surface area contributed by atoms with Crippen LogP contribution in [-0.4, -0.2) is 6.54 Å². The summed E-state index contributed by atoms with van der Waals surface area (Å²) >= 11 is 13.6. The fraction of sp³-hybridized carbons (Fsp3) is 0.143. The summed E-state index contributed by atoms with van der Waals surface area (Å²) in [6, 6.07) is 7.26. The molecule has 5 heteroatoms. The van der Waals surface area contributed by atoms with Crippen LogP contribution >= 0.6 is 34.5 Å². The van der Waals surface area contributed by atoms with E-state index in [0.29, 0.717) is 28.9 Å². The summed E-state index contributed by atoms with van der Waals surface area (Å²) in [6.07, 6.45) is 0. The SMILES string of the molecule is NCC#Cc1ccsc1COc1cccc(Cl)c1Cl. The average Bonchev–Trinajstić information content (AvgIpc) is 2.85. The first-order valence-corrected chi connectivity index (χ1v) is 7.18. The summed E-state index contributed by atoms with van der Waals surface area (Å²) in [7, 11) is 0. The van der Waals surface area contributed by atoms with Crippen LogP contribution in [0.25, 0.3) is 0 Å². The van der Waals surface area contributed by atoms with Crippen molar-refractivity contribution in [2.75, 3.05) is 6.54 Å². The molecule has 0 aliphatic carbocycles. The van der Waals surface area contributed by atoms with Crippen molar-refractivity contribution in [2.24, 2.45) is 5.73 Å². The van der Waals surface area contributed by atoms with Crippen molar-refractivity contribution >= 4 is 34.5 Å². The summed E-state index contributed by atoms with van der Waals surface area (Å²) in [5.74, 6) is 6.41. The van der Waals surface area contributed by atoms with Crippen molar-refractivity contribution < 1.29 is 4.74 Å². The summed E-state index contributed by atoms with van der Waals surface area (Å²) in [5.41, 5.74) is 6.30. The molecule has 0 aliphatic rings. The number of hydrogen-bond donors (Lipinski definition) is 1. The number of rotatable bonds is 3. The molecule has 1 aromatic carbocycles. The van der Waals surface area contributed by atoms with E-state index in [1.165, 1.54) is 0 Å². The second-order valence-electron chi connectivity index (χ2n) is 3.60. The molecule has 0 saturated carbocycles. The molecule has 0 radical (unpaired) electrons. The van der Waals surface area contributed by atoms with Crippen molar-refractivity contribution in [3.63, 3.8) is 0 Å². The molecule has 1 heterocycles. The molecule has 98 valence electrons. The molecule has 0 amide bonds. The zero-order valence-corrected chi connectivity index (χ0v) is 12.3. The Hall–Kier alpha value is -1.18. The quantitative estimate of drug-likeness (QED) is 0.871. The van der Waals surface area contributed by atoms with Gasteiger partial charge in [0, 0.05) is 5.56 Å². The van der Waals surface area contributed by atoms with Crippen molar-refractivity contribution in [1.82, 2.24) is 0 Å². The highest BCUT2D eigenvalue weighted by Crippen LogP contribution is 2.32. The fourth-order valence-corrected chi connectivity index (χ4v) is 2.54. The molecular weight excluding hydrogens is 301 g/mol. The molecule has 2 nitrogen and oxygen atoms in total. The van der Waals surface area contributed by atoms with E-state index in [2.05, 4.69) is 11.8 Å². The van der Waals surface area contributed by atoms with Gasteiger partial charge in [0.25, 0.3) is 0 Å². The highest BCUT2D eigenvalue weighted by Gasteiger charge is 2.07. The first kappa shape index (κ1) is 14.2. The van der Waals surface area contributed by atoms with Gasteiger partial charge in [-0.05, 0) is 23.6 Å². The number of halogens is 2. The standard InChI is InChI=1S/C14H11Cl2NOS/c15-11-4-1-5-12(14(11)16)18-9-13-10(3-2-7-17)6-8-19-13/h1,4-6,8H,7,9,17H2. The molecule has 0 bridgehead atoms. The number of hydrogen-bond acceptors (Lipinski definition) is 3. The van der Waals surface area contributed by atoms with Gasteiger partial charge in [0.05, 0.1) is 16.4 Å². The number of ether oxygens (including phenoxy) is 1. The smallest absolute Gasteiger partial charge is 0.139 e. The molecule has 0 spiro atoms. The van der Waals surface area contributed by atoms with E-state index in [0.717, 1.165) is 10.4 Å². The van der Waals surface area contributed by atoms with E-state index in [1.54, 1.807) is 29.5 Å². The van der Waals surface area contributed by atoms with Crippen LogP contribution in [0.5, 0.6) is 5.75 Å². The third-order valence-electron chi connectivity index (χ3n) is 2.35. The Labute approximate surface area is 126 Å². The molecule has 2 rings (SSSR count). The van der Waals surface area contributed by atoms with Crippen LogP contribution in [0.2, 0.25) is 10.0 Å². The zero-order chi connectivity index (χ0) is 13.7. The monoisotopic (exact) mass is 311 g/mol. The van der Waals surface area contributed by atoms with Crippen LogP contribution in [0.1, 0.15) is 10.4 Å². The predicted octanol–water partition coefficient (Wildman–Crippen LogP) is 3.94. The predicted molar refractivity (Wildman–Crippen MR) is 81.0 cm³/mol. The Morgan fingerprint density at radius 3 is 2.89 bits per heavy atom. The average molecular weight is 312 g/mol. The van der Waals surface area contributed by atoms with Crippen LogP contribution < -0.4 is 10.5 Å². The third-order valence-corrected chi connectivity index (χ3v) is 4.04. The van der Waals surface area contributed by atoms with Crippen molar-refractivity contribution in [1.29, 1.82) is 0 Å². The van der Waals surface area contributed by atoms with Gasteiger partial charge in [0.1, 0.15) is 17.4 Å². The lowest BCUT2D eigenvalue weighted by atomic mass is 10.2. The van der Waals surface area contributed by atoms with Crippen LogP contribution in [0.3, 0.4) is 0 Å². The molecule has 0 fully saturated rings. The van der Waals surface area contributed by atoms with Gasteiger partial charge in [0.15, 0.2) is 0 Å². The zero-order valence-electron chi connectivity index (χ0n) is 9.95. The van der Waals surface area contributed by atoms with Crippen LogP contribution in [-0.2, 0) is 6.61 Å². The number of thiophene rings is 1. The highest BCUT2D eigenvalue weighted by molar-refractivity contribution is 7.10. The molecular formula is C14H11Cl2NOS. The molecule has 2 aromatic rings. The van der Waals surface area contributed by atoms with Gasteiger partial charge in [-0.25, -0.2) is 0 Å². The molecule has 0 atom stereocenters. The maximum atomic E-state index is 6.06. The Bertz CT molecular complexity index is 628. The van der Waals surface area contributed by atoms with E-state index >= 15 is 0 Å². The van der Waals surface area contributed by atoms with E-state index in [9.17, 15) is 0 Å². The lowest BCUT2D eigenvalue weighted by Crippen LogP contribution is -1.96. The summed E-state index contributed by atoms with van der Waals surface area (Å²) < 4.78 is 5.68. The Morgan fingerprint density at radius 2 is 2.11 bits per heavy atom. The summed E-state index contributed by atoms with van der Waals surface area (Å²) in [4.78, 5) is 1.04. The molecule has 0 unspecified atom stereocenters. The fourth-order valence-electron chi connectivity index (χ4n) is 1.45. The van der Waals surface area contributed by atoms with Crippen LogP contribution in [0.4, 0.5) is 0 Å². The number of benzene rings is 1. The summed E-state index contributed by atoms with van der Waals surface area (Å²) in [5, 5.41) is 2.88. The first-order chi connectivity index (χ1) is 9.22. The van der Waals surface area contributed by atoms with Gasteiger partial charge in [-0.3, -0.25) is 0 Å². The molecule has 0 saturated heterocycles. The maximum Gasteiger partial charge on any atom is 0.139 e. The van der Waals surface area contributed by atoms with E-state index in [1.807, 2.05) is 11.4 Å². The lowest BCUT2D eigenvalue weighted by molar-refractivity contribution is 0.310. The largest absolute Gasteiger partial charge is 0.486 e. The normalized spacial score (nSPS) is 9.84. The highest BCUT2D eigenvalue weighted by atomic mass is 35.5. The topological polar surface area (TPSA) is 35.2 Å². The van der Waals surface area contributed by atoms with E-state index in [4.69, 9.17) is 33.7 Å². The van der Waals surface area contributed by atoms with Gasteiger partial charge in [-0.1, -0.05) is 41.1 Å². The molecule has 19 heavy (non-hydrogen) atoms. The van der Waals surface area contributed by atoms with Crippen molar-refractivity contribution in [3.05, 3.63) is 50.1 Å².